The van der Waals surface area contributed by atoms with Crippen LogP contribution >= 0.6 is 22.6 Å². The number of rotatable bonds is 2. The molecule has 0 aliphatic carbocycles. The van der Waals surface area contributed by atoms with Crippen LogP contribution in [0.1, 0.15) is 6.42 Å². The second kappa shape index (κ2) is 3.73. The molecule has 0 bridgehead atoms. The molecule has 1 N–H and O–H groups in total. The van der Waals surface area contributed by atoms with E-state index in [4.69, 9.17) is 5.11 Å². The molecular weight excluding hydrogens is 229 g/mol. The highest BCUT2D eigenvalue weighted by molar-refractivity contribution is 14.1. The van der Waals surface area contributed by atoms with Gasteiger partial charge in [0.15, 0.2) is 0 Å². The molecule has 0 aromatic carbocycles. The minimum Gasteiger partial charge on any atom is -0.392 e. The van der Waals surface area contributed by atoms with Crippen molar-refractivity contribution in [3.05, 3.63) is 0 Å². The molecule has 0 saturated carbocycles. The molecule has 54 valence electrons. The fourth-order valence-corrected chi connectivity index (χ4v) is 1.82. The van der Waals surface area contributed by atoms with Gasteiger partial charge in [-0.2, -0.15) is 0 Å². The Morgan fingerprint density at radius 3 is 2.89 bits per heavy atom. The summed E-state index contributed by atoms with van der Waals surface area (Å²) in [4.78, 5) is 2.30. The van der Waals surface area contributed by atoms with E-state index < -0.39 is 0 Å². The van der Waals surface area contributed by atoms with Crippen LogP contribution in [0.3, 0.4) is 0 Å². The number of halogens is 1. The van der Waals surface area contributed by atoms with Crippen molar-refractivity contribution in [3.8, 4) is 0 Å². The molecule has 1 rings (SSSR count). The van der Waals surface area contributed by atoms with Crippen LogP contribution in [0.25, 0.3) is 0 Å². The lowest BCUT2D eigenvalue weighted by Gasteiger charge is -2.11. The molecule has 1 aliphatic heterocycles. The van der Waals surface area contributed by atoms with Crippen LogP contribution in [-0.2, 0) is 0 Å². The summed E-state index contributed by atoms with van der Waals surface area (Å²) < 4.78 is 1.17. The molecular formula is C6H12INO. The third-order valence-corrected chi connectivity index (χ3v) is 2.13. The highest BCUT2D eigenvalue weighted by atomic mass is 127. The van der Waals surface area contributed by atoms with Gasteiger partial charge >= 0.3 is 0 Å². The van der Waals surface area contributed by atoms with Crippen molar-refractivity contribution in [2.45, 2.75) is 12.5 Å². The Balaban J connectivity index is 2.14. The normalized spacial score (nSPS) is 29.3. The van der Waals surface area contributed by atoms with Crippen LogP contribution in [0.2, 0.25) is 0 Å². The first-order chi connectivity index (χ1) is 4.33. The van der Waals surface area contributed by atoms with Gasteiger partial charge in [-0.1, -0.05) is 22.6 Å². The van der Waals surface area contributed by atoms with Gasteiger partial charge in [-0.05, 0) is 6.42 Å². The molecule has 0 spiro atoms. The smallest absolute Gasteiger partial charge is 0.0679 e. The number of likely N-dealkylation sites (tertiary alicyclic amines) is 1. The summed E-state index contributed by atoms with van der Waals surface area (Å²) in [5, 5.41) is 9.08. The van der Waals surface area contributed by atoms with Crippen molar-refractivity contribution in [3.63, 3.8) is 0 Å². The fourth-order valence-electron chi connectivity index (χ4n) is 1.13. The van der Waals surface area contributed by atoms with Crippen molar-refractivity contribution in [1.29, 1.82) is 0 Å². The Morgan fingerprint density at radius 1 is 1.67 bits per heavy atom. The average molecular weight is 241 g/mol. The lowest BCUT2D eigenvalue weighted by molar-refractivity contribution is 0.178. The van der Waals surface area contributed by atoms with Gasteiger partial charge in [0.25, 0.3) is 0 Å². The third-order valence-electron chi connectivity index (χ3n) is 1.65. The van der Waals surface area contributed by atoms with Crippen molar-refractivity contribution < 1.29 is 5.11 Å². The molecule has 0 radical (unpaired) electrons. The Labute approximate surface area is 69.4 Å². The molecule has 1 aliphatic rings. The quantitative estimate of drug-likeness (QED) is 0.561. The first-order valence-electron chi connectivity index (χ1n) is 3.29. The fraction of sp³-hybridized carbons (Fsp3) is 1.00. The lowest BCUT2D eigenvalue weighted by atomic mass is 10.3. The Morgan fingerprint density at radius 2 is 2.44 bits per heavy atom. The molecule has 2 nitrogen and oxygen atoms in total. The molecule has 9 heavy (non-hydrogen) atoms. The second-order valence-electron chi connectivity index (χ2n) is 2.43. The monoisotopic (exact) mass is 241 g/mol. The van der Waals surface area contributed by atoms with E-state index in [1.807, 2.05) is 0 Å². The summed E-state index contributed by atoms with van der Waals surface area (Å²) in [7, 11) is 0. The standard InChI is InChI=1S/C6H12INO/c7-2-4-8-3-1-6(9)5-8/h6,9H,1-5H2/t6-/m1/s1. The second-order valence-corrected chi connectivity index (χ2v) is 3.51. The van der Waals surface area contributed by atoms with Crippen molar-refractivity contribution in [1.82, 2.24) is 4.90 Å². The third kappa shape index (κ3) is 2.39. The van der Waals surface area contributed by atoms with Gasteiger partial charge in [-0.15, -0.1) is 0 Å². The summed E-state index contributed by atoms with van der Waals surface area (Å²) >= 11 is 2.36. The molecule has 0 aromatic heterocycles. The van der Waals surface area contributed by atoms with Crippen molar-refractivity contribution in [2.75, 3.05) is 24.1 Å². The zero-order valence-corrected chi connectivity index (χ0v) is 7.54. The first-order valence-corrected chi connectivity index (χ1v) is 4.82. The predicted octanol–water partition coefficient (Wildman–Crippen LogP) is 0.488. The molecule has 3 heteroatoms. The van der Waals surface area contributed by atoms with Gasteiger partial charge in [-0.3, -0.25) is 4.90 Å². The van der Waals surface area contributed by atoms with Gasteiger partial charge < -0.3 is 5.11 Å². The zero-order chi connectivity index (χ0) is 6.69. The maximum atomic E-state index is 9.08. The van der Waals surface area contributed by atoms with E-state index in [0.717, 1.165) is 26.1 Å². The van der Waals surface area contributed by atoms with Crippen LogP contribution in [0, 0.1) is 0 Å². The summed E-state index contributed by atoms with van der Waals surface area (Å²) in [6.45, 7) is 3.12. The number of β-amino-alcohol motifs (C(OH)–C–C–N with tert-alkyl or cyclic N) is 1. The van der Waals surface area contributed by atoms with Gasteiger partial charge in [0.05, 0.1) is 6.10 Å². The molecule has 0 unspecified atom stereocenters. The number of hydrogen-bond donors (Lipinski definition) is 1. The van der Waals surface area contributed by atoms with Gasteiger partial charge in [0.1, 0.15) is 0 Å². The first kappa shape index (κ1) is 7.75. The molecule has 1 saturated heterocycles. The van der Waals surface area contributed by atoms with E-state index in [0.29, 0.717) is 0 Å². The largest absolute Gasteiger partial charge is 0.392 e. The van der Waals surface area contributed by atoms with E-state index >= 15 is 0 Å². The molecule has 0 aromatic rings. The summed E-state index contributed by atoms with van der Waals surface area (Å²) in [6.07, 6.45) is 0.921. The topological polar surface area (TPSA) is 23.5 Å². The molecule has 0 amide bonds. The molecule has 1 heterocycles. The van der Waals surface area contributed by atoms with Crippen LogP contribution in [0.4, 0.5) is 0 Å². The average Bonchev–Trinajstić information content (AvgIpc) is 2.17. The van der Waals surface area contributed by atoms with Crippen molar-refractivity contribution >= 4 is 22.6 Å². The number of hydrogen-bond acceptors (Lipinski definition) is 2. The van der Waals surface area contributed by atoms with Crippen LogP contribution in [-0.4, -0.2) is 40.2 Å². The number of aliphatic hydroxyl groups excluding tert-OH is 1. The SMILES string of the molecule is O[C@@H]1CCN(CCI)C1. The lowest BCUT2D eigenvalue weighted by Crippen LogP contribution is -2.23. The van der Waals surface area contributed by atoms with E-state index in [1.165, 1.54) is 4.43 Å². The number of aliphatic hydroxyl groups is 1. The van der Waals surface area contributed by atoms with E-state index in [-0.39, 0.29) is 6.10 Å². The van der Waals surface area contributed by atoms with Gasteiger partial charge in [-0.25, -0.2) is 0 Å². The Kier molecular flexibility index (Phi) is 3.21. The summed E-state index contributed by atoms with van der Waals surface area (Å²) in [6, 6.07) is 0. The van der Waals surface area contributed by atoms with Gasteiger partial charge in [0, 0.05) is 24.1 Å². The maximum absolute atomic E-state index is 9.08. The van der Waals surface area contributed by atoms with Crippen molar-refractivity contribution in [2.24, 2.45) is 0 Å². The summed E-state index contributed by atoms with van der Waals surface area (Å²) in [5.74, 6) is 0. The Hall–Kier alpha value is 0.650. The molecule has 1 fully saturated rings. The van der Waals surface area contributed by atoms with E-state index in [9.17, 15) is 0 Å². The van der Waals surface area contributed by atoms with Gasteiger partial charge in [0.2, 0.25) is 0 Å². The number of nitrogens with zero attached hydrogens (tertiary/aromatic N) is 1. The highest BCUT2D eigenvalue weighted by Crippen LogP contribution is 2.07. The minimum atomic E-state index is -0.0482. The highest BCUT2D eigenvalue weighted by Gasteiger charge is 2.18. The van der Waals surface area contributed by atoms with E-state index in [2.05, 4.69) is 27.5 Å². The number of alkyl halides is 1. The zero-order valence-electron chi connectivity index (χ0n) is 5.39. The van der Waals surface area contributed by atoms with E-state index in [1.54, 1.807) is 0 Å². The molecule has 1 atom stereocenters. The summed E-state index contributed by atoms with van der Waals surface area (Å²) in [5.41, 5.74) is 0. The van der Waals surface area contributed by atoms with Crippen LogP contribution in [0.15, 0.2) is 0 Å². The predicted molar refractivity (Wildman–Crippen MR) is 46.0 cm³/mol. The minimum absolute atomic E-state index is 0.0482. The van der Waals surface area contributed by atoms with Crippen LogP contribution in [0.5, 0.6) is 0 Å². The maximum Gasteiger partial charge on any atom is 0.0679 e. The van der Waals surface area contributed by atoms with Crippen LogP contribution < -0.4 is 0 Å². The Bertz CT molecular complexity index is 87.1.